The number of carboxylic acids is 1. The largest absolute Gasteiger partial charge is 0.480 e. The predicted molar refractivity (Wildman–Crippen MR) is 91.7 cm³/mol. The second-order valence-corrected chi connectivity index (χ2v) is 6.54. The molecule has 2 aliphatic rings. The van der Waals surface area contributed by atoms with E-state index in [9.17, 15) is 24.0 Å². The molecule has 0 radical (unpaired) electrons. The van der Waals surface area contributed by atoms with Crippen LogP contribution in [-0.4, -0.2) is 51.7 Å². The summed E-state index contributed by atoms with van der Waals surface area (Å²) in [7, 11) is 0. The highest BCUT2D eigenvalue weighted by molar-refractivity contribution is 6.06. The minimum atomic E-state index is -1.12. The van der Waals surface area contributed by atoms with Crippen LogP contribution in [0.2, 0.25) is 0 Å². The maximum Gasteiger partial charge on any atom is 0.326 e. The number of imide groups is 1. The zero-order valence-electron chi connectivity index (χ0n) is 14.7. The average Bonchev–Trinajstić information content (AvgIpc) is 2.95. The Kier molecular flexibility index (Phi) is 4.93. The van der Waals surface area contributed by atoms with E-state index in [1.54, 1.807) is 6.92 Å². The molecule has 1 saturated heterocycles. The first kappa shape index (κ1) is 18.6. The van der Waals surface area contributed by atoms with E-state index in [4.69, 9.17) is 5.11 Å². The molecule has 2 heterocycles. The van der Waals surface area contributed by atoms with Crippen molar-refractivity contribution in [3.8, 4) is 0 Å². The lowest BCUT2D eigenvalue weighted by atomic mass is 10.0. The van der Waals surface area contributed by atoms with Gasteiger partial charge in [-0.15, -0.1) is 0 Å². The van der Waals surface area contributed by atoms with Crippen molar-refractivity contribution in [3.63, 3.8) is 0 Å². The van der Waals surface area contributed by atoms with Crippen LogP contribution in [0.3, 0.4) is 0 Å². The first-order valence-electron chi connectivity index (χ1n) is 8.63. The lowest BCUT2D eigenvalue weighted by Gasteiger charge is -2.29. The number of hydrogen-bond acceptors (Lipinski definition) is 5. The van der Waals surface area contributed by atoms with E-state index < -0.39 is 29.9 Å². The minimum Gasteiger partial charge on any atom is -0.480 e. The van der Waals surface area contributed by atoms with Gasteiger partial charge in [-0.3, -0.25) is 24.5 Å². The van der Waals surface area contributed by atoms with Gasteiger partial charge in [-0.2, -0.15) is 0 Å². The summed E-state index contributed by atoms with van der Waals surface area (Å²) in [6.07, 6.45) is 0.667. The number of nitrogens with one attached hydrogen (secondary N) is 2. The van der Waals surface area contributed by atoms with E-state index in [-0.39, 0.29) is 43.2 Å². The van der Waals surface area contributed by atoms with E-state index in [1.807, 2.05) is 0 Å². The van der Waals surface area contributed by atoms with E-state index >= 15 is 0 Å². The van der Waals surface area contributed by atoms with E-state index in [0.29, 0.717) is 11.1 Å². The number of carboxylic acid groups (broad SMARTS) is 1. The summed E-state index contributed by atoms with van der Waals surface area (Å²) in [5.74, 6) is -2.85. The first-order chi connectivity index (χ1) is 12.8. The summed E-state index contributed by atoms with van der Waals surface area (Å²) in [5.41, 5.74) is 1.22. The molecule has 142 valence electrons. The number of fused-ring (bicyclic) bond motifs is 1. The molecule has 2 atom stereocenters. The van der Waals surface area contributed by atoms with Crippen LogP contribution in [0.25, 0.3) is 0 Å². The van der Waals surface area contributed by atoms with Crippen LogP contribution in [0.5, 0.6) is 0 Å². The quantitative estimate of drug-likeness (QED) is 0.624. The molecule has 1 aromatic rings. The lowest BCUT2D eigenvalue weighted by Crippen LogP contribution is -2.52. The highest BCUT2D eigenvalue weighted by Crippen LogP contribution is 2.28. The second kappa shape index (κ2) is 7.18. The van der Waals surface area contributed by atoms with Crippen LogP contribution in [0.15, 0.2) is 18.2 Å². The molecule has 0 saturated carbocycles. The normalized spacial score (nSPS) is 20.1. The molecule has 3 rings (SSSR count). The van der Waals surface area contributed by atoms with Gasteiger partial charge in [0.2, 0.25) is 11.8 Å². The summed E-state index contributed by atoms with van der Waals surface area (Å²) in [5, 5.41) is 13.7. The number of carbonyl (C=O) groups is 5. The monoisotopic (exact) mass is 373 g/mol. The third kappa shape index (κ3) is 3.53. The Morgan fingerprint density at radius 2 is 2.07 bits per heavy atom. The summed E-state index contributed by atoms with van der Waals surface area (Å²) in [6.45, 7) is 1.80. The fourth-order valence-electron chi connectivity index (χ4n) is 3.30. The fraction of sp³-hybridized carbons (Fsp3) is 0.389. The number of carbonyl (C=O) groups excluding carboxylic acids is 4. The molecule has 1 unspecified atom stereocenters. The van der Waals surface area contributed by atoms with Crippen LogP contribution in [0, 0.1) is 0 Å². The third-order valence-corrected chi connectivity index (χ3v) is 4.80. The van der Waals surface area contributed by atoms with Crippen molar-refractivity contribution >= 4 is 29.6 Å². The SMILES string of the molecule is CC[C@H](NC(=O)c1ccc2c(c1)CN(C1CCC(=O)NC1=O)C2=O)C(=O)O. The number of amides is 4. The van der Waals surface area contributed by atoms with Gasteiger partial charge in [0, 0.05) is 24.1 Å². The van der Waals surface area contributed by atoms with Crippen LogP contribution >= 0.6 is 0 Å². The van der Waals surface area contributed by atoms with E-state index in [2.05, 4.69) is 10.6 Å². The predicted octanol–water partition coefficient (Wildman–Crippen LogP) is 0.0406. The topological polar surface area (TPSA) is 133 Å². The lowest BCUT2D eigenvalue weighted by molar-refractivity contribution is -0.139. The summed E-state index contributed by atoms with van der Waals surface area (Å²) in [4.78, 5) is 60.7. The van der Waals surface area contributed by atoms with Crippen molar-refractivity contribution in [1.29, 1.82) is 0 Å². The zero-order chi connectivity index (χ0) is 19.7. The van der Waals surface area contributed by atoms with Gasteiger partial charge >= 0.3 is 5.97 Å². The molecule has 1 fully saturated rings. The van der Waals surface area contributed by atoms with Gasteiger partial charge in [-0.05, 0) is 36.6 Å². The van der Waals surface area contributed by atoms with Crippen molar-refractivity contribution in [3.05, 3.63) is 34.9 Å². The highest BCUT2D eigenvalue weighted by atomic mass is 16.4. The number of aliphatic carboxylic acids is 1. The average molecular weight is 373 g/mol. The third-order valence-electron chi connectivity index (χ3n) is 4.80. The molecule has 0 aliphatic carbocycles. The molecule has 9 heteroatoms. The van der Waals surface area contributed by atoms with Gasteiger partial charge < -0.3 is 15.3 Å². The Morgan fingerprint density at radius 3 is 2.70 bits per heavy atom. The minimum absolute atomic E-state index is 0.150. The summed E-state index contributed by atoms with van der Waals surface area (Å²) < 4.78 is 0. The standard InChI is InChI=1S/C18H19N3O6/c1-2-12(18(26)27)19-15(23)9-3-4-11-10(7-9)8-21(17(11)25)13-5-6-14(22)20-16(13)24/h3-4,7,12-13H,2,5-6,8H2,1H3,(H,19,23)(H,26,27)(H,20,22,24)/t12-,13?/m0/s1. The Bertz CT molecular complexity index is 849. The van der Waals surface area contributed by atoms with Gasteiger partial charge in [-0.1, -0.05) is 6.92 Å². The van der Waals surface area contributed by atoms with Gasteiger partial charge in [0.15, 0.2) is 0 Å². The molecule has 1 aromatic carbocycles. The van der Waals surface area contributed by atoms with Crippen molar-refractivity contribution in [2.75, 3.05) is 0 Å². The molecular weight excluding hydrogens is 354 g/mol. The van der Waals surface area contributed by atoms with Gasteiger partial charge in [0.05, 0.1) is 0 Å². The van der Waals surface area contributed by atoms with Gasteiger partial charge in [0.1, 0.15) is 12.1 Å². The first-order valence-corrected chi connectivity index (χ1v) is 8.63. The van der Waals surface area contributed by atoms with E-state index in [0.717, 1.165) is 0 Å². The Labute approximate surface area is 154 Å². The van der Waals surface area contributed by atoms with Crippen molar-refractivity contribution in [2.24, 2.45) is 0 Å². The molecule has 0 spiro atoms. The number of rotatable bonds is 5. The zero-order valence-corrected chi connectivity index (χ0v) is 14.7. The molecule has 0 aromatic heterocycles. The maximum absolute atomic E-state index is 12.6. The Hall–Kier alpha value is -3.23. The van der Waals surface area contributed by atoms with Crippen LogP contribution < -0.4 is 10.6 Å². The molecule has 0 bridgehead atoms. The number of nitrogens with zero attached hydrogens (tertiary/aromatic N) is 1. The maximum atomic E-state index is 12.6. The summed E-state index contributed by atoms with van der Waals surface area (Å²) >= 11 is 0. The van der Waals surface area contributed by atoms with E-state index in [1.165, 1.54) is 23.1 Å². The van der Waals surface area contributed by atoms with Crippen LogP contribution in [0.4, 0.5) is 0 Å². The Morgan fingerprint density at radius 1 is 1.33 bits per heavy atom. The number of benzene rings is 1. The van der Waals surface area contributed by atoms with Crippen molar-refractivity contribution in [2.45, 2.75) is 44.8 Å². The Balaban J connectivity index is 1.77. The van der Waals surface area contributed by atoms with Crippen molar-refractivity contribution in [1.82, 2.24) is 15.5 Å². The smallest absolute Gasteiger partial charge is 0.326 e. The molecule has 2 aliphatic heterocycles. The van der Waals surface area contributed by atoms with Crippen LogP contribution in [-0.2, 0) is 20.9 Å². The van der Waals surface area contributed by atoms with Gasteiger partial charge in [-0.25, -0.2) is 4.79 Å². The summed E-state index contributed by atoms with van der Waals surface area (Å²) in [6, 6.07) is 2.77. The molecule has 9 nitrogen and oxygen atoms in total. The molecule has 4 amide bonds. The van der Waals surface area contributed by atoms with Crippen LogP contribution in [0.1, 0.15) is 52.5 Å². The van der Waals surface area contributed by atoms with Gasteiger partial charge in [0.25, 0.3) is 11.8 Å². The molecular formula is C18H19N3O6. The molecule has 3 N–H and O–H groups in total. The number of hydrogen-bond donors (Lipinski definition) is 3. The fourth-order valence-corrected chi connectivity index (χ4v) is 3.30. The van der Waals surface area contributed by atoms with Crippen molar-refractivity contribution < 1.29 is 29.1 Å². The highest BCUT2D eigenvalue weighted by Gasteiger charge is 2.39. The second-order valence-electron chi connectivity index (χ2n) is 6.54. The molecule has 27 heavy (non-hydrogen) atoms. The number of piperidine rings is 1.